The van der Waals surface area contributed by atoms with Crippen LogP contribution in [0.5, 0.6) is 5.75 Å². The number of ketones is 1. The van der Waals surface area contributed by atoms with Crippen molar-refractivity contribution < 1.29 is 19.8 Å². The highest BCUT2D eigenvalue weighted by atomic mass is 16.4. The Morgan fingerprint density at radius 1 is 1.20 bits per heavy atom. The van der Waals surface area contributed by atoms with Gasteiger partial charge >= 0.3 is 5.97 Å². The van der Waals surface area contributed by atoms with Crippen LogP contribution in [0.4, 0.5) is 0 Å². The first-order valence-electron chi connectivity index (χ1n) is 4.25. The molecule has 4 nitrogen and oxygen atoms in total. The quantitative estimate of drug-likeness (QED) is 0.446. The van der Waals surface area contributed by atoms with Gasteiger partial charge < -0.3 is 10.2 Å². The van der Waals surface area contributed by atoms with Gasteiger partial charge in [0.1, 0.15) is 11.3 Å². The second-order valence-electron chi connectivity index (χ2n) is 3.01. The molecule has 0 aliphatic carbocycles. The molecule has 0 aliphatic heterocycles. The summed E-state index contributed by atoms with van der Waals surface area (Å²) < 4.78 is 0. The second-order valence-corrected chi connectivity index (χ2v) is 3.01. The average Bonchev–Trinajstić information content (AvgIpc) is 2.15. The van der Waals surface area contributed by atoms with Crippen molar-refractivity contribution in [3.63, 3.8) is 0 Å². The number of carboxylic acid groups (broad SMARTS) is 1. The van der Waals surface area contributed by atoms with Crippen LogP contribution in [0, 0.1) is 0 Å². The fourth-order valence-corrected chi connectivity index (χ4v) is 1.05. The molecule has 0 aliphatic rings. The van der Waals surface area contributed by atoms with Gasteiger partial charge in [-0.1, -0.05) is 12.1 Å². The zero-order chi connectivity index (χ0) is 11.4. The molecule has 0 saturated carbocycles. The Morgan fingerprint density at radius 2 is 1.73 bits per heavy atom. The first-order valence-corrected chi connectivity index (χ1v) is 4.25. The van der Waals surface area contributed by atoms with Crippen molar-refractivity contribution in [3.05, 3.63) is 35.4 Å². The number of phenols is 1. The highest BCUT2D eigenvalue weighted by Gasteiger charge is 2.12. The van der Waals surface area contributed by atoms with Crippen LogP contribution in [-0.4, -0.2) is 22.0 Å². The number of hydrogen-bond donors (Lipinski definition) is 2. The van der Waals surface area contributed by atoms with Gasteiger partial charge in [-0.15, -0.1) is 0 Å². The van der Waals surface area contributed by atoms with Gasteiger partial charge in [-0.25, -0.2) is 4.79 Å². The summed E-state index contributed by atoms with van der Waals surface area (Å²) >= 11 is 0. The molecule has 0 amide bonds. The maximum atomic E-state index is 11.0. The zero-order valence-electron chi connectivity index (χ0n) is 8.10. The van der Waals surface area contributed by atoms with Gasteiger partial charge in [-0.05, 0) is 30.7 Å². The SMILES string of the molecule is CC(=O)/C(=C\c1ccc(O)cc1)C(=O)O. The molecule has 0 saturated heterocycles. The lowest BCUT2D eigenvalue weighted by Crippen LogP contribution is -2.08. The lowest BCUT2D eigenvalue weighted by molar-refractivity contribution is -0.134. The molecule has 0 unspecified atom stereocenters. The Balaban J connectivity index is 3.08. The van der Waals surface area contributed by atoms with Crippen LogP contribution in [0.2, 0.25) is 0 Å². The van der Waals surface area contributed by atoms with E-state index in [1.165, 1.54) is 37.3 Å². The predicted octanol–water partition coefficient (Wildman–Crippen LogP) is 1.45. The summed E-state index contributed by atoms with van der Waals surface area (Å²) in [4.78, 5) is 21.6. The summed E-state index contributed by atoms with van der Waals surface area (Å²) in [5, 5.41) is 17.7. The third-order valence-corrected chi connectivity index (χ3v) is 1.81. The van der Waals surface area contributed by atoms with Gasteiger partial charge in [0.25, 0.3) is 0 Å². The van der Waals surface area contributed by atoms with Gasteiger partial charge in [-0.2, -0.15) is 0 Å². The number of aliphatic carboxylic acids is 1. The van der Waals surface area contributed by atoms with E-state index in [0.29, 0.717) is 5.56 Å². The first kappa shape index (κ1) is 11.0. The minimum Gasteiger partial charge on any atom is -0.508 e. The molecular weight excluding hydrogens is 196 g/mol. The van der Waals surface area contributed by atoms with E-state index in [1.807, 2.05) is 0 Å². The van der Waals surface area contributed by atoms with E-state index < -0.39 is 11.8 Å². The molecule has 78 valence electrons. The number of benzene rings is 1. The summed E-state index contributed by atoms with van der Waals surface area (Å²) in [7, 11) is 0. The number of carbonyl (C=O) groups excluding carboxylic acids is 1. The van der Waals surface area contributed by atoms with Crippen LogP contribution in [0.15, 0.2) is 29.8 Å². The molecule has 0 spiro atoms. The number of carboxylic acids is 1. The minimum absolute atomic E-state index is 0.0897. The number of phenolic OH excluding ortho intramolecular Hbond substituents is 1. The second kappa shape index (κ2) is 4.41. The molecular formula is C11H10O4. The van der Waals surface area contributed by atoms with E-state index >= 15 is 0 Å². The van der Waals surface area contributed by atoms with Crippen molar-refractivity contribution in [2.24, 2.45) is 0 Å². The Kier molecular flexibility index (Phi) is 3.23. The lowest BCUT2D eigenvalue weighted by atomic mass is 10.1. The molecule has 0 fully saturated rings. The van der Waals surface area contributed by atoms with Crippen molar-refractivity contribution in [1.29, 1.82) is 0 Å². The van der Waals surface area contributed by atoms with Crippen molar-refractivity contribution in [3.8, 4) is 5.75 Å². The van der Waals surface area contributed by atoms with E-state index in [4.69, 9.17) is 10.2 Å². The van der Waals surface area contributed by atoms with Gasteiger partial charge in [0.15, 0.2) is 5.78 Å². The van der Waals surface area contributed by atoms with Gasteiger partial charge in [0.2, 0.25) is 0 Å². The highest BCUT2D eigenvalue weighted by molar-refractivity contribution is 6.19. The topological polar surface area (TPSA) is 74.6 Å². The molecule has 0 atom stereocenters. The lowest BCUT2D eigenvalue weighted by Gasteiger charge is -1.98. The average molecular weight is 206 g/mol. The zero-order valence-corrected chi connectivity index (χ0v) is 8.10. The predicted molar refractivity (Wildman–Crippen MR) is 54.4 cm³/mol. The molecule has 0 bridgehead atoms. The number of aromatic hydroxyl groups is 1. The van der Waals surface area contributed by atoms with Gasteiger partial charge in [-0.3, -0.25) is 4.79 Å². The van der Waals surface area contributed by atoms with Crippen molar-refractivity contribution in [2.45, 2.75) is 6.92 Å². The maximum Gasteiger partial charge on any atom is 0.339 e. The smallest absolute Gasteiger partial charge is 0.339 e. The summed E-state index contributed by atoms with van der Waals surface area (Å²) in [5.41, 5.74) is 0.279. The first-order chi connectivity index (χ1) is 7.00. The summed E-state index contributed by atoms with van der Waals surface area (Å²) in [6.45, 7) is 1.19. The van der Waals surface area contributed by atoms with Crippen LogP contribution < -0.4 is 0 Å². The van der Waals surface area contributed by atoms with Crippen LogP contribution in [0.1, 0.15) is 12.5 Å². The Morgan fingerprint density at radius 3 is 2.13 bits per heavy atom. The highest BCUT2D eigenvalue weighted by Crippen LogP contribution is 2.13. The van der Waals surface area contributed by atoms with Gasteiger partial charge in [0, 0.05) is 0 Å². The van der Waals surface area contributed by atoms with Crippen LogP contribution in [0.25, 0.3) is 6.08 Å². The van der Waals surface area contributed by atoms with Crippen molar-refractivity contribution in [2.75, 3.05) is 0 Å². The maximum absolute atomic E-state index is 11.0. The monoisotopic (exact) mass is 206 g/mol. The molecule has 0 heterocycles. The largest absolute Gasteiger partial charge is 0.508 e. The summed E-state index contributed by atoms with van der Waals surface area (Å²) in [6.07, 6.45) is 1.27. The van der Waals surface area contributed by atoms with Crippen LogP contribution in [-0.2, 0) is 9.59 Å². The number of Topliss-reactive ketones (excluding diaryl/α,β-unsaturated/α-hetero) is 1. The Hall–Kier alpha value is -2.10. The third-order valence-electron chi connectivity index (χ3n) is 1.81. The molecule has 15 heavy (non-hydrogen) atoms. The van der Waals surface area contributed by atoms with Crippen LogP contribution >= 0.6 is 0 Å². The van der Waals surface area contributed by atoms with Crippen LogP contribution in [0.3, 0.4) is 0 Å². The Bertz CT molecular complexity index is 399. The van der Waals surface area contributed by atoms with E-state index in [-0.39, 0.29) is 11.3 Å². The summed E-state index contributed by atoms with van der Waals surface area (Å²) in [5.74, 6) is -1.67. The summed E-state index contributed by atoms with van der Waals surface area (Å²) in [6, 6.07) is 5.90. The van der Waals surface area contributed by atoms with Gasteiger partial charge in [0.05, 0.1) is 0 Å². The molecule has 4 heteroatoms. The minimum atomic E-state index is -1.25. The molecule has 1 rings (SSSR count). The molecule has 1 aromatic rings. The molecule has 1 aromatic carbocycles. The van der Waals surface area contributed by atoms with E-state index in [0.717, 1.165) is 0 Å². The third kappa shape index (κ3) is 2.95. The normalized spacial score (nSPS) is 11.1. The fourth-order valence-electron chi connectivity index (χ4n) is 1.05. The fraction of sp³-hybridized carbons (Fsp3) is 0.0909. The number of rotatable bonds is 3. The van der Waals surface area contributed by atoms with Crippen molar-refractivity contribution in [1.82, 2.24) is 0 Å². The molecule has 0 radical (unpaired) electrons. The van der Waals surface area contributed by atoms with E-state index in [1.54, 1.807) is 0 Å². The number of hydrogen-bond acceptors (Lipinski definition) is 3. The molecule has 0 aromatic heterocycles. The Labute approximate surface area is 86.5 Å². The van der Waals surface area contributed by atoms with E-state index in [2.05, 4.69) is 0 Å². The molecule has 2 N–H and O–H groups in total. The number of carbonyl (C=O) groups is 2. The van der Waals surface area contributed by atoms with Crippen molar-refractivity contribution >= 4 is 17.8 Å². The van der Waals surface area contributed by atoms with E-state index in [9.17, 15) is 9.59 Å². The standard InChI is InChI=1S/C11H10O4/c1-7(12)10(11(14)15)6-8-2-4-9(13)5-3-8/h2-6,13H,1H3,(H,14,15)/b10-6+.